The van der Waals surface area contributed by atoms with Crippen LogP contribution < -0.4 is 5.32 Å². The van der Waals surface area contributed by atoms with Crippen LogP contribution >= 0.6 is 0 Å². The van der Waals surface area contributed by atoms with Gasteiger partial charge in [-0.1, -0.05) is 13.8 Å². The Labute approximate surface area is 114 Å². The largest absolute Gasteiger partial charge is 0.394 e. The normalized spacial score (nSPS) is 28.9. The molecule has 1 saturated carbocycles. The van der Waals surface area contributed by atoms with Crippen molar-refractivity contribution in [3.63, 3.8) is 0 Å². The Hall–Kier alpha value is -1.04. The molecular formula is C14H23N3O2. The van der Waals surface area contributed by atoms with E-state index in [4.69, 9.17) is 4.74 Å². The van der Waals surface area contributed by atoms with Crippen LogP contribution in [-0.2, 0) is 11.3 Å². The summed E-state index contributed by atoms with van der Waals surface area (Å²) in [5.74, 6) is 0. The maximum atomic E-state index is 9.79. The molecule has 1 fully saturated rings. The molecule has 5 heteroatoms. The summed E-state index contributed by atoms with van der Waals surface area (Å²) < 4.78 is 5.73. The second-order valence-electron chi connectivity index (χ2n) is 5.71. The Morgan fingerprint density at radius 1 is 1.42 bits per heavy atom. The van der Waals surface area contributed by atoms with Crippen LogP contribution in [-0.4, -0.2) is 39.9 Å². The summed E-state index contributed by atoms with van der Waals surface area (Å²) in [6.45, 7) is 7.76. The molecule has 1 aromatic heterocycles. The van der Waals surface area contributed by atoms with E-state index in [1.165, 1.54) is 6.33 Å². The third kappa shape index (κ3) is 2.50. The lowest BCUT2D eigenvalue weighted by molar-refractivity contribution is -0.177. The molecule has 2 N–H and O–H groups in total. The standard InChI is InChI=1S/C14H23N3O2/c1-4-19-12-5-14(9-18,13(12,2)3)17-8-11-6-15-10-16-7-11/h6-7,10,12,17-18H,4-5,8-9H2,1-3H3/t12-,14-/m1/s1. The maximum Gasteiger partial charge on any atom is 0.115 e. The molecule has 1 aliphatic carbocycles. The van der Waals surface area contributed by atoms with Crippen LogP contribution in [0, 0.1) is 5.41 Å². The van der Waals surface area contributed by atoms with Gasteiger partial charge in [-0.25, -0.2) is 9.97 Å². The van der Waals surface area contributed by atoms with E-state index in [0.29, 0.717) is 13.2 Å². The van der Waals surface area contributed by atoms with Gasteiger partial charge in [0.25, 0.3) is 0 Å². The highest BCUT2D eigenvalue weighted by molar-refractivity contribution is 5.16. The van der Waals surface area contributed by atoms with E-state index >= 15 is 0 Å². The van der Waals surface area contributed by atoms with Gasteiger partial charge in [0.2, 0.25) is 0 Å². The highest BCUT2D eigenvalue weighted by Gasteiger charge is 2.60. The van der Waals surface area contributed by atoms with E-state index in [1.807, 2.05) is 6.92 Å². The monoisotopic (exact) mass is 265 g/mol. The summed E-state index contributed by atoms with van der Waals surface area (Å²) in [7, 11) is 0. The van der Waals surface area contributed by atoms with Gasteiger partial charge in [0, 0.05) is 36.5 Å². The van der Waals surface area contributed by atoms with Crippen molar-refractivity contribution in [2.75, 3.05) is 13.2 Å². The third-order valence-corrected chi connectivity index (χ3v) is 4.45. The van der Waals surface area contributed by atoms with Crippen molar-refractivity contribution >= 4 is 0 Å². The fraction of sp³-hybridized carbons (Fsp3) is 0.714. The van der Waals surface area contributed by atoms with Crippen LogP contribution in [0.1, 0.15) is 32.8 Å². The lowest BCUT2D eigenvalue weighted by Crippen LogP contribution is -2.73. The van der Waals surface area contributed by atoms with Crippen LogP contribution in [0.25, 0.3) is 0 Å². The van der Waals surface area contributed by atoms with E-state index < -0.39 is 0 Å². The first-order valence-corrected chi connectivity index (χ1v) is 6.77. The van der Waals surface area contributed by atoms with E-state index in [2.05, 4.69) is 29.1 Å². The zero-order valence-corrected chi connectivity index (χ0v) is 11.9. The number of rotatable bonds is 6. The quantitative estimate of drug-likeness (QED) is 0.807. The number of aliphatic hydroxyl groups excluding tert-OH is 1. The number of nitrogens with one attached hydrogen (secondary N) is 1. The highest BCUT2D eigenvalue weighted by atomic mass is 16.5. The van der Waals surface area contributed by atoms with Crippen LogP contribution in [0.4, 0.5) is 0 Å². The van der Waals surface area contributed by atoms with E-state index in [-0.39, 0.29) is 23.7 Å². The van der Waals surface area contributed by atoms with E-state index in [1.54, 1.807) is 12.4 Å². The number of hydrogen-bond donors (Lipinski definition) is 2. The Morgan fingerprint density at radius 3 is 2.63 bits per heavy atom. The average Bonchev–Trinajstić information content (AvgIpc) is 2.43. The first kappa shape index (κ1) is 14.4. The molecule has 0 bridgehead atoms. The molecule has 1 aliphatic rings. The number of aliphatic hydroxyl groups is 1. The molecule has 2 atom stereocenters. The molecule has 0 unspecified atom stereocenters. The summed E-state index contributed by atoms with van der Waals surface area (Å²) >= 11 is 0. The van der Waals surface area contributed by atoms with Gasteiger partial charge in [0.05, 0.1) is 18.2 Å². The Bertz CT molecular complexity index is 410. The summed E-state index contributed by atoms with van der Waals surface area (Å²) in [6.07, 6.45) is 6.12. The van der Waals surface area contributed by atoms with Crippen molar-refractivity contribution in [3.05, 3.63) is 24.3 Å². The fourth-order valence-electron chi connectivity index (χ4n) is 2.80. The molecule has 0 amide bonds. The third-order valence-electron chi connectivity index (χ3n) is 4.45. The number of aromatic nitrogens is 2. The molecule has 0 spiro atoms. The van der Waals surface area contributed by atoms with Gasteiger partial charge in [-0.15, -0.1) is 0 Å². The fourth-order valence-corrected chi connectivity index (χ4v) is 2.80. The lowest BCUT2D eigenvalue weighted by Gasteiger charge is -2.60. The summed E-state index contributed by atoms with van der Waals surface area (Å²) in [5, 5.41) is 13.3. The molecule has 5 nitrogen and oxygen atoms in total. The predicted octanol–water partition coefficient (Wildman–Crippen LogP) is 1.13. The first-order valence-electron chi connectivity index (χ1n) is 6.77. The van der Waals surface area contributed by atoms with Crippen molar-refractivity contribution in [2.45, 2.75) is 45.4 Å². The molecular weight excluding hydrogens is 242 g/mol. The predicted molar refractivity (Wildman–Crippen MR) is 72.5 cm³/mol. The molecule has 0 saturated heterocycles. The minimum atomic E-state index is -0.289. The van der Waals surface area contributed by atoms with Gasteiger partial charge in [0.1, 0.15) is 6.33 Å². The second kappa shape index (κ2) is 5.53. The summed E-state index contributed by atoms with van der Waals surface area (Å²) in [5.41, 5.74) is 0.641. The minimum absolute atomic E-state index is 0.0899. The topological polar surface area (TPSA) is 67.3 Å². The molecule has 2 rings (SSSR count). The highest BCUT2D eigenvalue weighted by Crippen LogP contribution is 2.51. The zero-order chi connectivity index (χ0) is 13.9. The smallest absolute Gasteiger partial charge is 0.115 e. The van der Waals surface area contributed by atoms with Crippen LogP contribution in [0.3, 0.4) is 0 Å². The Kier molecular flexibility index (Phi) is 4.18. The van der Waals surface area contributed by atoms with Crippen LogP contribution in [0.5, 0.6) is 0 Å². The summed E-state index contributed by atoms with van der Waals surface area (Å²) in [4.78, 5) is 7.99. The van der Waals surface area contributed by atoms with Crippen molar-refractivity contribution in [3.8, 4) is 0 Å². The molecule has 19 heavy (non-hydrogen) atoms. The van der Waals surface area contributed by atoms with E-state index in [0.717, 1.165) is 12.0 Å². The molecule has 0 aromatic carbocycles. The van der Waals surface area contributed by atoms with Crippen LogP contribution in [0.15, 0.2) is 18.7 Å². The zero-order valence-electron chi connectivity index (χ0n) is 11.9. The van der Waals surface area contributed by atoms with E-state index in [9.17, 15) is 5.11 Å². The Morgan fingerprint density at radius 2 is 2.11 bits per heavy atom. The van der Waals surface area contributed by atoms with Crippen molar-refractivity contribution in [1.82, 2.24) is 15.3 Å². The SMILES string of the molecule is CCO[C@@H]1C[C@](CO)(NCc2cncnc2)C1(C)C. The van der Waals surface area contributed by atoms with Crippen molar-refractivity contribution in [1.29, 1.82) is 0 Å². The summed E-state index contributed by atoms with van der Waals surface area (Å²) in [6, 6.07) is 0. The molecule has 0 radical (unpaired) electrons. The van der Waals surface area contributed by atoms with Gasteiger partial charge < -0.3 is 15.2 Å². The second-order valence-corrected chi connectivity index (χ2v) is 5.71. The molecule has 0 aliphatic heterocycles. The van der Waals surface area contributed by atoms with Gasteiger partial charge >= 0.3 is 0 Å². The molecule has 1 heterocycles. The van der Waals surface area contributed by atoms with Crippen LogP contribution in [0.2, 0.25) is 0 Å². The number of hydrogen-bond acceptors (Lipinski definition) is 5. The maximum absolute atomic E-state index is 9.79. The van der Waals surface area contributed by atoms with Crippen molar-refractivity contribution < 1.29 is 9.84 Å². The molecule has 1 aromatic rings. The minimum Gasteiger partial charge on any atom is -0.394 e. The van der Waals surface area contributed by atoms with Gasteiger partial charge in [-0.05, 0) is 13.3 Å². The van der Waals surface area contributed by atoms with Gasteiger partial charge in [0.15, 0.2) is 0 Å². The van der Waals surface area contributed by atoms with Gasteiger partial charge in [-0.2, -0.15) is 0 Å². The molecule has 106 valence electrons. The lowest BCUT2D eigenvalue weighted by atomic mass is 9.54. The Balaban J connectivity index is 2.01. The number of ether oxygens (including phenoxy) is 1. The number of nitrogens with zero attached hydrogens (tertiary/aromatic N) is 2. The van der Waals surface area contributed by atoms with Gasteiger partial charge in [-0.3, -0.25) is 0 Å². The first-order chi connectivity index (χ1) is 9.05. The van der Waals surface area contributed by atoms with Crippen molar-refractivity contribution in [2.24, 2.45) is 5.41 Å². The average molecular weight is 265 g/mol.